The van der Waals surface area contributed by atoms with Crippen LogP contribution in [0.25, 0.3) is 6.08 Å². The van der Waals surface area contributed by atoms with Crippen molar-refractivity contribution in [3.63, 3.8) is 0 Å². The predicted molar refractivity (Wildman–Crippen MR) is 88.6 cm³/mol. The van der Waals surface area contributed by atoms with Crippen molar-refractivity contribution in [3.05, 3.63) is 66.2 Å². The molecule has 0 unspecified atom stereocenters. The molecule has 0 bridgehead atoms. The zero-order valence-corrected chi connectivity index (χ0v) is 13.0. The summed E-state index contributed by atoms with van der Waals surface area (Å²) < 4.78 is 16.7. The lowest BCUT2D eigenvalue weighted by Gasteiger charge is -2.20. The molecule has 0 radical (unpaired) electrons. The number of rotatable bonds is 5. The van der Waals surface area contributed by atoms with Gasteiger partial charge in [-0.2, -0.15) is 0 Å². The molecule has 0 aliphatic carbocycles. The fraction of sp³-hybridized carbons (Fsp3) is 0.263. The van der Waals surface area contributed by atoms with Gasteiger partial charge in [-0.05, 0) is 29.8 Å². The second-order valence-corrected chi connectivity index (χ2v) is 5.39. The Balaban J connectivity index is 1.69. The van der Waals surface area contributed by atoms with Crippen molar-refractivity contribution in [2.75, 3.05) is 13.7 Å². The van der Waals surface area contributed by atoms with E-state index in [1.807, 2.05) is 66.7 Å². The largest absolute Gasteiger partial charge is 0.497 e. The molecule has 3 atom stereocenters. The van der Waals surface area contributed by atoms with Crippen molar-refractivity contribution in [3.8, 4) is 11.5 Å². The number of benzene rings is 2. The summed E-state index contributed by atoms with van der Waals surface area (Å²) in [6, 6.07) is 17.3. The molecule has 0 amide bonds. The zero-order chi connectivity index (χ0) is 16.1. The van der Waals surface area contributed by atoms with Crippen molar-refractivity contribution in [1.29, 1.82) is 0 Å². The van der Waals surface area contributed by atoms with Crippen LogP contribution in [-0.2, 0) is 4.74 Å². The predicted octanol–water partition coefficient (Wildman–Crippen LogP) is 2.92. The summed E-state index contributed by atoms with van der Waals surface area (Å²) in [5.74, 6) is 1.44. The maximum Gasteiger partial charge on any atom is 0.156 e. The Labute approximate surface area is 135 Å². The van der Waals surface area contributed by atoms with Crippen molar-refractivity contribution < 1.29 is 19.3 Å². The van der Waals surface area contributed by atoms with E-state index in [1.165, 1.54) is 0 Å². The fourth-order valence-electron chi connectivity index (χ4n) is 2.51. The van der Waals surface area contributed by atoms with Gasteiger partial charge in [0.2, 0.25) is 0 Å². The van der Waals surface area contributed by atoms with Gasteiger partial charge in [0.25, 0.3) is 0 Å². The van der Waals surface area contributed by atoms with Crippen LogP contribution in [0.15, 0.2) is 60.7 Å². The maximum absolute atomic E-state index is 10.1. The number of hydrogen-bond donors (Lipinski definition) is 1. The Kier molecular flexibility index (Phi) is 4.95. The summed E-state index contributed by atoms with van der Waals surface area (Å²) in [5.41, 5.74) is 1.08. The molecule has 0 aromatic heterocycles. The molecule has 23 heavy (non-hydrogen) atoms. The van der Waals surface area contributed by atoms with E-state index in [-0.39, 0.29) is 12.7 Å². The van der Waals surface area contributed by atoms with Crippen molar-refractivity contribution in [2.45, 2.75) is 18.3 Å². The van der Waals surface area contributed by atoms with Gasteiger partial charge in [0.15, 0.2) is 6.10 Å². The van der Waals surface area contributed by atoms with Crippen LogP contribution >= 0.6 is 0 Å². The molecule has 1 saturated heterocycles. The highest BCUT2D eigenvalue weighted by molar-refractivity contribution is 5.49. The van der Waals surface area contributed by atoms with Gasteiger partial charge in [0.1, 0.15) is 23.7 Å². The molecule has 4 nitrogen and oxygen atoms in total. The minimum atomic E-state index is -0.650. The van der Waals surface area contributed by atoms with E-state index in [0.29, 0.717) is 5.75 Å². The van der Waals surface area contributed by atoms with E-state index in [4.69, 9.17) is 14.2 Å². The number of methoxy groups -OCH3 is 1. The number of ether oxygens (including phenoxy) is 3. The molecule has 1 heterocycles. The molecule has 4 heteroatoms. The van der Waals surface area contributed by atoms with Gasteiger partial charge in [0.05, 0.1) is 13.7 Å². The Morgan fingerprint density at radius 2 is 1.74 bits per heavy atom. The van der Waals surface area contributed by atoms with Gasteiger partial charge in [-0.3, -0.25) is 0 Å². The Hall–Kier alpha value is -2.30. The van der Waals surface area contributed by atoms with Crippen LogP contribution in [0.3, 0.4) is 0 Å². The third kappa shape index (κ3) is 3.92. The first-order chi connectivity index (χ1) is 11.3. The molecule has 0 saturated carbocycles. The van der Waals surface area contributed by atoms with E-state index < -0.39 is 12.2 Å². The molecule has 1 aliphatic rings. The Morgan fingerprint density at radius 3 is 2.43 bits per heavy atom. The van der Waals surface area contributed by atoms with Gasteiger partial charge in [-0.25, -0.2) is 0 Å². The average Bonchev–Trinajstić information content (AvgIpc) is 2.95. The van der Waals surface area contributed by atoms with Crippen molar-refractivity contribution in [1.82, 2.24) is 0 Å². The molecule has 2 aromatic carbocycles. The lowest BCUT2D eigenvalue weighted by Crippen LogP contribution is -2.34. The molecule has 3 rings (SSSR count). The maximum atomic E-state index is 10.1. The highest BCUT2D eigenvalue weighted by Crippen LogP contribution is 2.25. The average molecular weight is 312 g/mol. The second kappa shape index (κ2) is 7.31. The number of aliphatic hydroxyl groups excluding tert-OH is 1. The van der Waals surface area contributed by atoms with E-state index in [0.717, 1.165) is 11.3 Å². The fourth-order valence-corrected chi connectivity index (χ4v) is 2.51. The summed E-state index contributed by atoms with van der Waals surface area (Å²) in [7, 11) is 1.62. The lowest BCUT2D eigenvalue weighted by atomic mass is 10.1. The first-order valence-electron chi connectivity index (χ1n) is 7.60. The third-order valence-corrected chi connectivity index (χ3v) is 3.77. The summed E-state index contributed by atoms with van der Waals surface area (Å²) >= 11 is 0. The van der Waals surface area contributed by atoms with Crippen LogP contribution in [0, 0.1) is 0 Å². The monoisotopic (exact) mass is 312 g/mol. The van der Waals surface area contributed by atoms with Crippen LogP contribution in [0.2, 0.25) is 0 Å². The van der Waals surface area contributed by atoms with Crippen LogP contribution in [0.5, 0.6) is 11.5 Å². The Bertz CT molecular complexity index is 636. The molecule has 1 fully saturated rings. The van der Waals surface area contributed by atoms with Gasteiger partial charge >= 0.3 is 0 Å². The van der Waals surface area contributed by atoms with E-state index in [1.54, 1.807) is 7.11 Å². The minimum absolute atomic E-state index is 0.268. The number of hydrogen-bond acceptors (Lipinski definition) is 4. The highest BCUT2D eigenvalue weighted by Gasteiger charge is 2.36. The highest BCUT2D eigenvalue weighted by atomic mass is 16.6. The summed E-state index contributed by atoms with van der Waals surface area (Å²) in [4.78, 5) is 0. The summed E-state index contributed by atoms with van der Waals surface area (Å²) in [6.45, 7) is 0.268. The SMILES string of the molecule is COc1ccc(O[C@@H]2[C@H](O)CO[C@@H]2/C=C/c2ccccc2)cc1. The molecular formula is C19H20O4. The summed E-state index contributed by atoms with van der Waals surface area (Å²) in [6.07, 6.45) is 2.55. The molecule has 2 aromatic rings. The summed E-state index contributed by atoms with van der Waals surface area (Å²) in [5, 5.41) is 10.1. The standard InChI is InChI=1S/C19H20O4/c1-21-15-8-10-16(11-9-15)23-19-17(20)13-22-18(19)12-7-14-5-3-2-4-6-14/h2-12,17-20H,13H2,1H3/b12-7+/t17-,18-,19-/m1/s1. The van der Waals surface area contributed by atoms with Gasteiger partial charge in [-0.1, -0.05) is 42.5 Å². The molecule has 120 valence electrons. The third-order valence-electron chi connectivity index (χ3n) is 3.77. The van der Waals surface area contributed by atoms with Crippen LogP contribution in [0.1, 0.15) is 5.56 Å². The number of aliphatic hydroxyl groups is 1. The molecular weight excluding hydrogens is 292 g/mol. The second-order valence-electron chi connectivity index (χ2n) is 5.39. The molecule has 1 aliphatic heterocycles. The minimum Gasteiger partial charge on any atom is -0.497 e. The van der Waals surface area contributed by atoms with Crippen molar-refractivity contribution in [2.24, 2.45) is 0 Å². The van der Waals surface area contributed by atoms with Gasteiger partial charge in [0, 0.05) is 0 Å². The van der Waals surface area contributed by atoms with Crippen molar-refractivity contribution >= 4 is 6.08 Å². The quantitative estimate of drug-likeness (QED) is 0.922. The van der Waals surface area contributed by atoms with Crippen LogP contribution < -0.4 is 9.47 Å². The van der Waals surface area contributed by atoms with Gasteiger partial charge in [-0.15, -0.1) is 0 Å². The first kappa shape index (κ1) is 15.6. The lowest BCUT2D eigenvalue weighted by molar-refractivity contribution is 0.0612. The normalized spacial score (nSPS) is 24.0. The topological polar surface area (TPSA) is 47.9 Å². The molecule has 1 N–H and O–H groups in total. The van der Waals surface area contributed by atoms with Crippen LogP contribution in [0.4, 0.5) is 0 Å². The zero-order valence-electron chi connectivity index (χ0n) is 13.0. The molecule has 0 spiro atoms. The smallest absolute Gasteiger partial charge is 0.156 e. The Morgan fingerprint density at radius 1 is 1.04 bits per heavy atom. The van der Waals surface area contributed by atoms with Gasteiger partial charge < -0.3 is 19.3 Å². The van der Waals surface area contributed by atoms with E-state index >= 15 is 0 Å². The first-order valence-corrected chi connectivity index (χ1v) is 7.60. The van der Waals surface area contributed by atoms with E-state index in [2.05, 4.69) is 0 Å². The van der Waals surface area contributed by atoms with Crippen LogP contribution in [-0.4, -0.2) is 37.1 Å². The van der Waals surface area contributed by atoms with E-state index in [9.17, 15) is 5.11 Å².